The molecule has 256 valence electrons. The number of fused-ring (bicyclic) bond motifs is 1. The molecule has 10 heteroatoms. The van der Waals surface area contributed by atoms with E-state index in [1.807, 2.05) is 54.6 Å². The van der Waals surface area contributed by atoms with Crippen LogP contribution in [0, 0.1) is 5.92 Å². The highest BCUT2D eigenvalue weighted by Crippen LogP contribution is 2.48. The number of hydrogen-bond donors (Lipinski definition) is 1. The number of hydrogen-bond acceptors (Lipinski definition) is 8. The summed E-state index contributed by atoms with van der Waals surface area (Å²) in [4.78, 5) is 47.4. The number of methoxy groups -OCH3 is 1. The van der Waals surface area contributed by atoms with Crippen molar-refractivity contribution in [3.63, 3.8) is 0 Å². The first-order chi connectivity index (χ1) is 22.6. The smallest absolute Gasteiger partial charge is 0.411 e. The molecule has 4 atom stereocenters. The summed E-state index contributed by atoms with van der Waals surface area (Å²) in [6.07, 6.45) is 2.63. The number of esters is 1. The van der Waals surface area contributed by atoms with E-state index in [0.717, 1.165) is 10.9 Å². The number of amides is 2. The number of rotatable bonds is 10. The summed E-state index contributed by atoms with van der Waals surface area (Å²) in [6, 6.07) is 16.3. The lowest BCUT2D eigenvalue weighted by molar-refractivity contribution is -0.161. The minimum atomic E-state index is -1.17. The van der Waals surface area contributed by atoms with Gasteiger partial charge < -0.3 is 24.3 Å². The fourth-order valence-electron chi connectivity index (χ4n) is 6.11. The second-order valence-electron chi connectivity index (χ2n) is 14.6. The van der Waals surface area contributed by atoms with E-state index in [9.17, 15) is 14.4 Å². The van der Waals surface area contributed by atoms with E-state index in [1.54, 1.807) is 54.7 Å². The number of nitrogens with zero attached hydrogens (tertiary/aromatic N) is 2. The van der Waals surface area contributed by atoms with Crippen LogP contribution in [0.3, 0.4) is 0 Å². The molecule has 2 aromatic carbocycles. The maximum absolute atomic E-state index is 14.1. The van der Waals surface area contributed by atoms with Crippen LogP contribution in [0.1, 0.15) is 67.2 Å². The molecule has 48 heavy (non-hydrogen) atoms. The number of carbonyl (C=O) groups excluding carboxylic acids is 3. The fraction of sp³-hybridized carbons (Fsp3) is 0.474. The molecule has 0 spiro atoms. The Hall–Kier alpha value is -4.60. The van der Waals surface area contributed by atoms with Gasteiger partial charge in [-0.15, -0.1) is 6.58 Å². The van der Waals surface area contributed by atoms with Crippen LogP contribution in [0.4, 0.5) is 4.79 Å². The molecular formula is C38H47N3O7. The number of aromatic nitrogens is 1. The standard InChI is InChI=1S/C38H47N3O7/c1-9-10-16-25-22-38(25,34(43)47-36(2,3)4)40-33(42)31-20-27(23-41(31)35(44)48-37(5,6)7)46-32-21-29(24-14-12-11-13-15-24)39-30-19-26(45-8)17-18-28(30)32/h9,11-15,17-19,21,25,27,31H,1,10,16,20,22-23H2,2-8H3,(H,40,42)/t25?,27-,31+,38+/m1/s1. The maximum atomic E-state index is 14.1. The molecule has 1 N–H and O–H groups in total. The van der Waals surface area contributed by atoms with Crippen molar-refractivity contribution in [2.24, 2.45) is 5.92 Å². The molecule has 2 aliphatic rings. The largest absolute Gasteiger partial charge is 0.497 e. The monoisotopic (exact) mass is 657 g/mol. The zero-order valence-corrected chi connectivity index (χ0v) is 29.0. The molecule has 0 bridgehead atoms. The molecule has 1 saturated carbocycles. The molecule has 5 rings (SSSR count). The minimum absolute atomic E-state index is 0.102. The number of benzene rings is 2. The second kappa shape index (κ2) is 13.5. The Morgan fingerprint density at radius 1 is 1.02 bits per heavy atom. The van der Waals surface area contributed by atoms with Crippen molar-refractivity contribution in [2.75, 3.05) is 13.7 Å². The van der Waals surface area contributed by atoms with Crippen LogP contribution in [0.5, 0.6) is 11.5 Å². The van der Waals surface area contributed by atoms with Gasteiger partial charge >= 0.3 is 12.1 Å². The molecule has 2 heterocycles. The molecule has 2 fully saturated rings. The number of carbonyl (C=O) groups is 3. The minimum Gasteiger partial charge on any atom is -0.497 e. The maximum Gasteiger partial charge on any atom is 0.411 e. The van der Waals surface area contributed by atoms with Crippen molar-refractivity contribution < 1.29 is 33.3 Å². The normalized spacial score (nSPS) is 22.1. The average Bonchev–Trinajstić information content (AvgIpc) is 3.55. The lowest BCUT2D eigenvalue weighted by Gasteiger charge is -2.30. The van der Waals surface area contributed by atoms with Gasteiger partial charge in [-0.2, -0.15) is 0 Å². The van der Waals surface area contributed by atoms with Crippen LogP contribution in [0.15, 0.2) is 67.3 Å². The lowest BCUT2D eigenvalue weighted by atomic mass is 10.1. The summed E-state index contributed by atoms with van der Waals surface area (Å²) in [6.45, 7) is 14.6. The summed E-state index contributed by atoms with van der Waals surface area (Å²) < 4.78 is 23.6. The molecule has 1 aromatic heterocycles. The van der Waals surface area contributed by atoms with Crippen LogP contribution in [0.25, 0.3) is 22.2 Å². The highest BCUT2D eigenvalue weighted by molar-refractivity contribution is 5.95. The van der Waals surface area contributed by atoms with Crippen molar-refractivity contribution in [2.45, 2.75) is 96.1 Å². The van der Waals surface area contributed by atoms with Crippen molar-refractivity contribution in [1.82, 2.24) is 15.2 Å². The number of allylic oxidation sites excluding steroid dienone is 1. The number of nitrogens with one attached hydrogen (secondary N) is 1. The Labute approximate surface area is 282 Å². The molecule has 0 radical (unpaired) electrons. The number of ether oxygens (including phenoxy) is 4. The first-order valence-electron chi connectivity index (χ1n) is 16.5. The summed E-state index contributed by atoms with van der Waals surface area (Å²) >= 11 is 0. The Kier molecular flexibility index (Phi) is 9.76. The summed E-state index contributed by atoms with van der Waals surface area (Å²) in [5.74, 6) is 0.195. The Bertz CT molecular complexity index is 1680. The van der Waals surface area contributed by atoms with E-state index in [0.29, 0.717) is 42.0 Å². The van der Waals surface area contributed by atoms with Gasteiger partial charge in [0, 0.05) is 29.5 Å². The van der Waals surface area contributed by atoms with Gasteiger partial charge in [-0.25, -0.2) is 14.6 Å². The third kappa shape index (κ3) is 7.91. The van der Waals surface area contributed by atoms with Gasteiger partial charge in [0.05, 0.1) is 24.9 Å². The first kappa shape index (κ1) is 34.7. The van der Waals surface area contributed by atoms with E-state index in [4.69, 9.17) is 23.9 Å². The van der Waals surface area contributed by atoms with Gasteiger partial charge in [0.15, 0.2) is 0 Å². The molecule has 10 nitrogen and oxygen atoms in total. The number of pyridine rings is 1. The van der Waals surface area contributed by atoms with Crippen LogP contribution in [-0.4, -0.2) is 70.4 Å². The van der Waals surface area contributed by atoms with Crippen LogP contribution >= 0.6 is 0 Å². The molecule has 1 unspecified atom stereocenters. The zero-order valence-electron chi connectivity index (χ0n) is 29.0. The van der Waals surface area contributed by atoms with Gasteiger partial charge in [-0.3, -0.25) is 9.69 Å². The van der Waals surface area contributed by atoms with Gasteiger partial charge in [0.1, 0.15) is 40.4 Å². The topological polar surface area (TPSA) is 116 Å². The van der Waals surface area contributed by atoms with Crippen LogP contribution in [-0.2, 0) is 19.1 Å². The lowest BCUT2D eigenvalue weighted by Crippen LogP contribution is -2.54. The van der Waals surface area contributed by atoms with Crippen molar-refractivity contribution in [1.29, 1.82) is 0 Å². The van der Waals surface area contributed by atoms with E-state index in [2.05, 4.69) is 11.9 Å². The van der Waals surface area contributed by atoms with Crippen molar-refractivity contribution in [3.8, 4) is 22.8 Å². The average molecular weight is 658 g/mol. The van der Waals surface area contributed by atoms with Crippen LogP contribution in [0.2, 0.25) is 0 Å². The summed E-state index contributed by atoms with van der Waals surface area (Å²) in [7, 11) is 1.60. The SMILES string of the molecule is C=CCCC1C[C@@]1(NC(=O)[C@@H]1C[C@@H](Oc2cc(-c3ccccc3)nc3cc(OC)ccc23)CN1C(=O)OC(C)(C)C)C(=O)OC(C)(C)C. The predicted octanol–water partition coefficient (Wildman–Crippen LogP) is 6.85. The first-order valence-corrected chi connectivity index (χ1v) is 16.5. The van der Waals surface area contributed by atoms with Crippen molar-refractivity contribution in [3.05, 3.63) is 67.3 Å². The third-order valence-corrected chi connectivity index (χ3v) is 8.47. The molecule has 1 aliphatic heterocycles. The molecule has 3 aromatic rings. The predicted molar refractivity (Wildman–Crippen MR) is 184 cm³/mol. The Morgan fingerprint density at radius 2 is 1.73 bits per heavy atom. The van der Waals surface area contributed by atoms with Crippen LogP contribution < -0.4 is 14.8 Å². The Morgan fingerprint density at radius 3 is 2.38 bits per heavy atom. The van der Waals surface area contributed by atoms with Crippen molar-refractivity contribution >= 4 is 28.9 Å². The van der Waals surface area contributed by atoms with Gasteiger partial charge in [0.25, 0.3) is 0 Å². The fourth-order valence-corrected chi connectivity index (χ4v) is 6.11. The summed E-state index contributed by atoms with van der Waals surface area (Å²) in [5.41, 5.74) is -0.385. The molecule has 1 aliphatic carbocycles. The van der Waals surface area contributed by atoms with E-state index in [1.165, 1.54) is 4.90 Å². The third-order valence-electron chi connectivity index (χ3n) is 8.47. The quantitative estimate of drug-likeness (QED) is 0.186. The molecular weight excluding hydrogens is 610 g/mol. The second-order valence-corrected chi connectivity index (χ2v) is 14.6. The molecule has 2 amide bonds. The van der Waals surface area contributed by atoms with E-state index < -0.39 is 46.9 Å². The van der Waals surface area contributed by atoms with E-state index in [-0.39, 0.29) is 18.9 Å². The summed E-state index contributed by atoms with van der Waals surface area (Å²) in [5, 5.41) is 3.78. The van der Waals surface area contributed by atoms with E-state index >= 15 is 0 Å². The Balaban J connectivity index is 1.45. The van der Waals surface area contributed by atoms with Gasteiger partial charge in [-0.1, -0.05) is 36.4 Å². The zero-order chi connectivity index (χ0) is 34.9. The number of likely N-dealkylation sites (tertiary alicyclic amines) is 1. The molecule has 1 saturated heterocycles. The highest BCUT2D eigenvalue weighted by atomic mass is 16.6. The van der Waals surface area contributed by atoms with Gasteiger partial charge in [0.2, 0.25) is 5.91 Å². The highest BCUT2D eigenvalue weighted by Gasteiger charge is 2.63. The van der Waals surface area contributed by atoms with Gasteiger partial charge in [-0.05, 0) is 78.9 Å².